The largest absolute Gasteiger partial charge is 0.382 e. The van der Waals surface area contributed by atoms with Gasteiger partial charge in [-0.1, -0.05) is 6.07 Å². The number of fused-ring (bicyclic) bond motifs is 1. The van der Waals surface area contributed by atoms with E-state index in [0.717, 1.165) is 48.3 Å². The maximum Gasteiger partial charge on any atom is 0.264 e. The molecule has 322 valence electrons. The summed E-state index contributed by atoms with van der Waals surface area (Å²) in [4.78, 5) is 72.2. The lowest BCUT2D eigenvalue weighted by Crippen LogP contribution is -2.54. The second-order valence-corrected chi connectivity index (χ2v) is 15.5. The molecular formula is C41H53FN10O8. The lowest BCUT2D eigenvalue weighted by atomic mass is 9.91. The van der Waals surface area contributed by atoms with Crippen LogP contribution in [0.25, 0.3) is 11.3 Å². The topological polar surface area (TPSA) is 220 Å². The quantitative estimate of drug-likeness (QED) is 0.0723. The highest BCUT2D eigenvalue weighted by atomic mass is 19.1. The molecule has 19 heteroatoms. The number of nitrogens with zero attached hydrogens (tertiary/aromatic N) is 5. The Hall–Kier alpha value is -5.37. The highest BCUT2D eigenvalue weighted by Gasteiger charge is 2.45. The molecule has 0 radical (unpaired) electrons. The maximum absolute atomic E-state index is 14.8. The third-order valence-electron chi connectivity index (χ3n) is 11.2. The highest BCUT2D eigenvalue weighted by Crippen LogP contribution is 2.36. The molecule has 3 aromatic rings. The molecular weight excluding hydrogens is 780 g/mol. The molecule has 18 nitrogen and oxygen atoms in total. The molecule has 2 aliphatic carbocycles. The number of ether oxygens (including phenoxy) is 3. The summed E-state index contributed by atoms with van der Waals surface area (Å²) in [5, 5.41) is 19.3. The number of aromatic nitrogens is 4. The number of nitrogens with one attached hydrogen (secondary N) is 5. The van der Waals surface area contributed by atoms with Gasteiger partial charge in [-0.05, 0) is 69.4 Å². The number of hydrogen-bond donors (Lipinski definition) is 5. The Bertz CT molecular complexity index is 2040. The van der Waals surface area contributed by atoms with Gasteiger partial charge >= 0.3 is 0 Å². The minimum atomic E-state index is -1.02. The first-order valence-electron chi connectivity index (χ1n) is 20.8. The van der Waals surface area contributed by atoms with Crippen LogP contribution in [0.5, 0.6) is 0 Å². The van der Waals surface area contributed by atoms with Crippen LogP contribution < -0.4 is 26.6 Å². The molecule has 0 bridgehead atoms. The number of carbonyl (C=O) groups excluding carboxylic acids is 5. The predicted octanol–water partition coefficient (Wildman–Crippen LogP) is 1.96. The summed E-state index contributed by atoms with van der Waals surface area (Å²) in [5.41, 5.74) is 2.87. The van der Waals surface area contributed by atoms with Gasteiger partial charge < -0.3 is 35.5 Å². The van der Waals surface area contributed by atoms with Crippen molar-refractivity contribution in [1.29, 1.82) is 0 Å². The fourth-order valence-corrected chi connectivity index (χ4v) is 7.77. The molecule has 2 saturated carbocycles. The van der Waals surface area contributed by atoms with E-state index in [9.17, 15) is 28.4 Å². The van der Waals surface area contributed by atoms with Crippen LogP contribution in [0.4, 0.5) is 16.0 Å². The summed E-state index contributed by atoms with van der Waals surface area (Å²) >= 11 is 0. The van der Waals surface area contributed by atoms with E-state index in [-0.39, 0.29) is 54.2 Å². The summed E-state index contributed by atoms with van der Waals surface area (Å²) in [6.07, 6.45) is 9.82. The zero-order valence-corrected chi connectivity index (χ0v) is 33.8. The van der Waals surface area contributed by atoms with Gasteiger partial charge in [-0.2, -0.15) is 5.10 Å². The van der Waals surface area contributed by atoms with E-state index in [1.807, 2.05) is 11.7 Å². The summed E-state index contributed by atoms with van der Waals surface area (Å²) < 4.78 is 33.4. The van der Waals surface area contributed by atoms with Gasteiger partial charge in [0.2, 0.25) is 23.7 Å². The molecule has 1 unspecified atom stereocenters. The molecule has 1 saturated heterocycles. The lowest BCUT2D eigenvalue weighted by molar-refractivity contribution is -0.136. The average Bonchev–Trinajstić information content (AvgIpc) is 3.94. The molecule has 1 aromatic carbocycles. The van der Waals surface area contributed by atoms with E-state index in [1.165, 1.54) is 19.0 Å². The van der Waals surface area contributed by atoms with Crippen molar-refractivity contribution in [2.45, 2.75) is 75.9 Å². The van der Waals surface area contributed by atoms with Crippen molar-refractivity contribution in [3.05, 3.63) is 53.2 Å². The Morgan fingerprint density at radius 1 is 0.867 bits per heavy atom. The van der Waals surface area contributed by atoms with Gasteiger partial charge in [0.05, 0.1) is 69.7 Å². The van der Waals surface area contributed by atoms with Crippen LogP contribution in [0, 0.1) is 11.7 Å². The molecule has 1 atom stereocenters. The Kier molecular flexibility index (Phi) is 14.4. The summed E-state index contributed by atoms with van der Waals surface area (Å²) in [6, 6.07) is 4.24. The van der Waals surface area contributed by atoms with E-state index in [4.69, 9.17) is 14.2 Å². The Morgan fingerprint density at radius 2 is 1.58 bits per heavy atom. The van der Waals surface area contributed by atoms with Crippen LogP contribution in [0.3, 0.4) is 0 Å². The first-order chi connectivity index (χ1) is 29.2. The van der Waals surface area contributed by atoms with Gasteiger partial charge in [-0.3, -0.25) is 38.9 Å². The molecule has 7 rings (SSSR count). The van der Waals surface area contributed by atoms with Gasteiger partial charge in [0.1, 0.15) is 11.7 Å². The van der Waals surface area contributed by atoms with Crippen molar-refractivity contribution in [3.63, 3.8) is 0 Å². The van der Waals surface area contributed by atoms with E-state index < -0.39 is 35.5 Å². The van der Waals surface area contributed by atoms with Crippen LogP contribution in [-0.4, -0.2) is 132 Å². The van der Waals surface area contributed by atoms with Crippen molar-refractivity contribution in [2.24, 2.45) is 13.0 Å². The van der Waals surface area contributed by atoms with Crippen molar-refractivity contribution >= 4 is 41.2 Å². The number of hydrogen-bond acceptors (Lipinski definition) is 14. The first kappa shape index (κ1) is 42.7. The maximum atomic E-state index is 14.8. The smallest absolute Gasteiger partial charge is 0.264 e. The van der Waals surface area contributed by atoms with Crippen LogP contribution >= 0.6 is 0 Å². The van der Waals surface area contributed by atoms with Crippen LogP contribution in [-0.2, 0) is 42.1 Å². The number of amides is 5. The molecule has 3 fully saturated rings. The molecule has 2 aliphatic heterocycles. The van der Waals surface area contributed by atoms with Gasteiger partial charge in [0.25, 0.3) is 11.8 Å². The van der Waals surface area contributed by atoms with Gasteiger partial charge in [-0.15, -0.1) is 0 Å². The molecule has 0 spiro atoms. The molecule has 2 aromatic heterocycles. The first-order valence-corrected chi connectivity index (χ1v) is 20.8. The molecule has 60 heavy (non-hydrogen) atoms. The number of carbonyl (C=O) groups is 5. The van der Waals surface area contributed by atoms with E-state index in [1.54, 1.807) is 24.4 Å². The minimum Gasteiger partial charge on any atom is -0.382 e. The molecule has 4 aliphatic rings. The number of imide groups is 2. The monoisotopic (exact) mass is 832 g/mol. The Morgan fingerprint density at radius 3 is 2.32 bits per heavy atom. The van der Waals surface area contributed by atoms with Crippen molar-refractivity contribution in [2.75, 3.05) is 69.9 Å². The summed E-state index contributed by atoms with van der Waals surface area (Å²) in [6.45, 7) is 3.06. The van der Waals surface area contributed by atoms with Gasteiger partial charge in [-0.25, -0.2) is 14.4 Å². The van der Waals surface area contributed by atoms with Gasteiger partial charge in [0.15, 0.2) is 5.82 Å². The number of halogens is 1. The van der Waals surface area contributed by atoms with Crippen LogP contribution in [0.2, 0.25) is 0 Å². The van der Waals surface area contributed by atoms with Crippen molar-refractivity contribution < 1.29 is 42.6 Å². The molecule has 4 heterocycles. The summed E-state index contributed by atoms with van der Waals surface area (Å²) in [7, 11) is 1.88. The Labute approximate surface area is 347 Å². The highest BCUT2D eigenvalue weighted by molar-refractivity contribution is 6.25. The molecule has 5 amide bonds. The third-order valence-corrected chi connectivity index (χ3v) is 11.2. The zero-order chi connectivity index (χ0) is 42.0. The minimum absolute atomic E-state index is 0.0563. The third kappa shape index (κ3) is 10.9. The second kappa shape index (κ2) is 20.3. The number of benzene rings is 1. The van der Waals surface area contributed by atoms with Crippen LogP contribution in [0.1, 0.15) is 77.8 Å². The normalized spacial score (nSPS) is 20.3. The van der Waals surface area contributed by atoms with E-state index in [0.29, 0.717) is 70.3 Å². The zero-order valence-electron chi connectivity index (χ0n) is 33.8. The molecule has 5 N–H and O–H groups in total. The summed E-state index contributed by atoms with van der Waals surface area (Å²) in [5.74, 6) is -1.72. The fraction of sp³-hybridized carbons (Fsp3) is 0.561. The second-order valence-electron chi connectivity index (χ2n) is 15.5. The van der Waals surface area contributed by atoms with Crippen molar-refractivity contribution in [3.8, 4) is 11.3 Å². The average molecular weight is 833 g/mol. The lowest BCUT2D eigenvalue weighted by Gasteiger charge is -2.29. The van der Waals surface area contributed by atoms with Crippen LogP contribution in [0.15, 0.2) is 30.6 Å². The number of anilines is 2. The number of aryl methyl sites for hydroxylation is 1. The van der Waals surface area contributed by atoms with E-state index in [2.05, 4.69) is 41.7 Å². The SMILES string of the molecule is Cn1ncc(-c2nc(NC3CCC(NCC(=O)NCCOCCOCCOCCNc4cccc5c4C(=O)N(C4CCC(=O)NC4=O)C5=O)CC3)ncc2F)c1CC1CC1. The fourth-order valence-electron chi connectivity index (χ4n) is 7.77. The van der Waals surface area contributed by atoms with Gasteiger partial charge in [0, 0.05) is 55.6 Å². The van der Waals surface area contributed by atoms with E-state index >= 15 is 0 Å². The standard InChI is InChI=1S/C41H53FN10O8/c1-51-33(21-25-5-6-25)29(22-47-51)37-30(42)23-46-41(50-37)48-27-9-7-26(8-10-27)45-24-35(54)44-14-16-59-18-20-60-19-17-58-15-13-43-31-4-2-3-28-36(31)40(57)52(39(28)56)32-11-12-34(53)49-38(32)55/h2-4,22-23,25-27,32,43,45H,5-21,24H2,1H3,(H,44,54)(H,46,48,50)(H,49,53,55). The number of rotatable bonds is 22. The number of piperidine rings is 1. The predicted molar refractivity (Wildman–Crippen MR) is 215 cm³/mol. The Balaban J connectivity index is 0.688. The van der Waals surface area contributed by atoms with Crippen molar-refractivity contribution in [1.82, 2.24) is 40.6 Å².